The summed E-state index contributed by atoms with van der Waals surface area (Å²) in [7, 11) is 0. The summed E-state index contributed by atoms with van der Waals surface area (Å²) < 4.78 is 5.98. The van der Waals surface area contributed by atoms with Crippen LogP contribution >= 0.6 is 11.6 Å². The van der Waals surface area contributed by atoms with E-state index >= 15 is 0 Å². The summed E-state index contributed by atoms with van der Waals surface area (Å²) in [5, 5.41) is 0.546. The minimum atomic E-state index is -0.699. The quantitative estimate of drug-likeness (QED) is 0.591. The summed E-state index contributed by atoms with van der Waals surface area (Å²) in [5.41, 5.74) is 0.0467. The first kappa shape index (κ1) is 14.0. The van der Waals surface area contributed by atoms with E-state index in [1.165, 1.54) is 4.90 Å². The number of amides is 2. The van der Waals surface area contributed by atoms with Crippen LogP contribution in [-0.4, -0.2) is 23.0 Å². The highest BCUT2D eigenvalue weighted by molar-refractivity contribution is 6.32. The molecule has 22 heavy (non-hydrogen) atoms. The first-order chi connectivity index (χ1) is 10.3. The fraction of sp³-hybridized carbons (Fsp3) is 0.412. The highest BCUT2D eigenvalue weighted by Gasteiger charge is 2.70. The van der Waals surface area contributed by atoms with E-state index in [4.69, 9.17) is 16.3 Å². The van der Waals surface area contributed by atoms with Crippen molar-refractivity contribution in [3.8, 4) is 0 Å². The lowest BCUT2D eigenvalue weighted by Gasteiger charge is -2.25. The van der Waals surface area contributed by atoms with Gasteiger partial charge in [-0.2, -0.15) is 0 Å². The van der Waals surface area contributed by atoms with E-state index < -0.39 is 23.0 Å². The number of aryl methyl sites for hydroxylation is 1. The number of carbonyl (C=O) groups excluding carboxylic acids is 2. The second-order valence-electron chi connectivity index (χ2n) is 6.70. The van der Waals surface area contributed by atoms with Gasteiger partial charge >= 0.3 is 0 Å². The molecule has 0 radical (unpaired) electrons. The smallest absolute Gasteiger partial charge is 0.241 e. The third-order valence-electron chi connectivity index (χ3n) is 5.14. The van der Waals surface area contributed by atoms with E-state index in [9.17, 15) is 9.59 Å². The first-order valence-electron chi connectivity index (χ1n) is 7.31. The Balaban J connectivity index is 1.81. The van der Waals surface area contributed by atoms with Crippen LogP contribution in [0.2, 0.25) is 5.02 Å². The molecule has 2 saturated heterocycles. The van der Waals surface area contributed by atoms with E-state index in [2.05, 4.69) is 0 Å². The van der Waals surface area contributed by atoms with Gasteiger partial charge in [-0.25, -0.2) is 4.90 Å². The summed E-state index contributed by atoms with van der Waals surface area (Å²) >= 11 is 6.15. The number of hydrogen-bond donors (Lipinski definition) is 0. The summed E-state index contributed by atoms with van der Waals surface area (Å²) in [5.74, 6) is -1.33. The molecule has 5 heteroatoms. The Hall–Kier alpha value is -1.65. The van der Waals surface area contributed by atoms with Crippen molar-refractivity contribution in [3.63, 3.8) is 0 Å². The molecule has 3 heterocycles. The van der Waals surface area contributed by atoms with Crippen molar-refractivity contribution in [2.75, 3.05) is 4.90 Å². The van der Waals surface area contributed by atoms with E-state index in [1.54, 1.807) is 12.1 Å². The Kier molecular flexibility index (Phi) is 2.54. The highest BCUT2D eigenvalue weighted by Crippen LogP contribution is 2.57. The minimum absolute atomic E-state index is 0.203. The number of fused-ring (bicyclic) bond motifs is 5. The van der Waals surface area contributed by atoms with Crippen LogP contribution in [-0.2, 0) is 14.3 Å². The lowest BCUT2D eigenvalue weighted by molar-refractivity contribution is -0.128. The van der Waals surface area contributed by atoms with Crippen molar-refractivity contribution in [2.45, 2.75) is 32.0 Å². The zero-order chi connectivity index (χ0) is 15.9. The summed E-state index contributed by atoms with van der Waals surface area (Å²) in [4.78, 5) is 27.0. The molecule has 0 spiro atoms. The molecule has 1 aromatic rings. The average molecular weight is 318 g/mol. The molecule has 4 atom stereocenters. The number of benzene rings is 1. The lowest BCUT2D eigenvalue weighted by Crippen LogP contribution is -2.39. The van der Waals surface area contributed by atoms with Gasteiger partial charge in [-0.05, 0) is 38.5 Å². The number of halogens is 1. The van der Waals surface area contributed by atoms with E-state index in [-0.39, 0.29) is 11.8 Å². The Morgan fingerprint density at radius 3 is 2.14 bits per heavy atom. The van der Waals surface area contributed by atoms with Crippen LogP contribution in [0.1, 0.15) is 19.4 Å². The molecule has 2 bridgehead atoms. The van der Waals surface area contributed by atoms with E-state index in [0.29, 0.717) is 10.7 Å². The van der Waals surface area contributed by atoms with Crippen molar-refractivity contribution in [1.82, 2.24) is 0 Å². The molecular formula is C17H16ClNO3. The van der Waals surface area contributed by atoms with Crippen LogP contribution < -0.4 is 4.90 Å². The molecule has 3 aliphatic heterocycles. The van der Waals surface area contributed by atoms with Crippen LogP contribution in [0.5, 0.6) is 0 Å². The van der Waals surface area contributed by atoms with Crippen molar-refractivity contribution >= 4 is 29.1 Å². The summed E-state index contributed by atoms with van der Waals surface area (Å²) in [6.07, 6.45) is 3.82. The second-order valence-corrected chi connectivity index (χ2v) is 7.11. The Bertz CT molecular complexity index is 722. The maximum absolute atomic E-state index is 12.9. The Labute approximate surface area is 133 Å². The SMILES string of the molecule is Cc1ccc(N2C(=O)[C@@H]3[C@@H](C2=O)[C@@]2(C)C=C[C@@]3(C)O2)cc1Cl. The molecule has 0 aliphatic carbocycles. The van der Waals surface area contributed by atoms with E-state index in [1.807, 2.05) is 39.0 Å². The third kappa shape index (κ3) is 1.52. The third-order valence-corrected chi connectivity index (χ3v) is 5.55. The Morgan fingerprint density at radius 2 is 1.64 bits per heavy atom. The number of nitrogens with zero attached hydrogens (tertiary/aromatic N) is 1. The normalized spacial score (nSPS) is 39.0. The average Bonchev–Trinajstić information content (AvgIpc) is 2.99. The Morgan fingerprint density at radius 1 is 1.09 bits per heavy atom. The molecule has 0 aromatic heterocycles. The topological polar surface area (TPSA) is 46.6 Å². The van der Waals surface area contributed by atoms with Crippen LogP contribution in [0.3, 0.4) is 0 Å². The van der Waals surface area contributed by atoms with Crippen LogP contribution in [0.4, 0.5) is 5.69 Å². The maximum atomic E-state index is 12.9. The molecule has 1 aromatic carbocycles. The fourth-order valence-corrected chi connectivity index (χ4v) is 4.18. The summed E-state index contributed by atoms with van der Waals surface area (Å²) in [6.45, 7) is 5.63. The van der Waals surface area contributed by atoms with Gasteiger partial charge in [-0.1, -0.05) is 29.8 Å². The number of anilines is 1. The zero-order valence-electron chi connectivity index (χ0n) is 12.6. The minimum Gasteiger partial charge on any atom is -0.359 e. The fourth-order valence-electron chi connectivity index (χ4n) is 4.01. The molecule has 4 nitrogen and oxygen atoms in total. The molecule has 3 aliphatic rings. The van der Waals surface area contributed by atoms with Gasteiger partial charge in [0.15, 0.2) is 0 Å². The molecule has 0 N–H and O–H groups in total. The van der Waals surface area contributed by atoms with Gasteiger partial charge in [0.05, 0.1) is 28.7 Å². The lowest BCUT2D eigenvalue weighted by atomic mass is 9.73. The first-order valence-corrected chi connectivity index (χ1v) is 7.69. The van der Waals surface area contributed by atoms with Crippen LogP contribution in [0, 0.1) is 18.8 Å². The van der Waals surface area contributed by atoms with E-state index in [0.717, 1.165) is 5.56 Å². The number of hydrogen-bond acceptors (Lipinski definition) is 3. The number of imide groups is 1. The maximum Gasteiger partial charge on any atom is 0.241 e. The molecule has 2 fully saturated rings. The van der Waals surface area contributed by atoms with Gasteiger partial charge in [-0.3, -0.25) is 9.59 Å². The highest BCUT2D eigenvalue weighted by atomic mass is 35.5. The summed E-state index contributed by atoms with van der Waals surface area (Å²) in [6, 6.07) is 5.26. The van der Waals surface area contributed by atoms with Gasteiger partial charge < -0.3 is 4.74 Å². The van der Waals surface area contributed by atoms with Gasteiger partial charge in [-0.15, -0.1) is 0 Å². The molecule has 114 valence electrons. The van der Waals surface area contributed by atoms with Crippen LogP contribution in [0.15, 0.2) is 30.4 Å². The second kappa shape index (κ2) is 4.00. The molecule has 4 rings (SSSR count). The zero-order valence-corrected chi connectivity index (χ0v) is 13.3. The van der Waals surface area contributed by atoms with Crippen LogP contribution in [0.25, 0.3) is 0 Å². The molecule has 0 saturated carbocycles. The van der Waals surface area contributed by atoms with Crippen molar-refractivity contribution in [2.24, 2.45) is 11.8 Å². The van der Waals surface area contributed by atoms with Gasteiger partial charge in [0.2, 0.25) is 11.8 Å². The molecule has 0 unspecified atom stereocenters. The molecule has 2 amide bonds. The van der Waals surface area contributed by atoms with Gasteiger partial charge in [0.25, 0.3) is 0 Å². The van der Waals surface area contributed by atoms with Crippen molar-refractivity contribution in [3.05, 3.63) is 40.9 Å². The molecular weight excluding hydrogens is 302 g/mol. The van der Waals surface area contributed by atoms with Crippen molar-refractivity contribution < 1.29 is 14.3 Å². The predicted molar refractivity (Wildman–Crippen MR) is 82.7 cm³/mol. The van der Waals surface area contributed by atoms with Gasteiger partial charge in [0.1, 0.15) is 0 Å². The largest absolute Gasteiger partial charge is 0.359 e. The van der Waals surface area contributed by atoms with Crippen molar-refractivity contribution in [1.29, 1.82) is 0 Å². The van der Waals surface area contributed by atoms with Gasteiger partial charge in [0, 0.05) is 5.02 Å². The predicted octanol–water partition coefficient (Wildman–Crippen LogP) is 2.87. The number of rotatable bonds is 1. The number of carbonyl (C=O) groups is 2. The standard InChI is InChI=1S/C17H16ClNO3/c1-9-4-5-10(8-11(9)18)19-14(20)12-13(15(19)21)17(3)7-6-16(12,2)22-17/h4-8,12-13H,1-3H3/t12-,13-,16+,17+/m0/s1. The number of ether oxygens (including phenoxy) is 1. The monoisotopic (exact) mass is 317 g/mol.